The second kappa shape index (κ2) is 7.90. The number of aliphatic hydroxyl groups excluding tert-OH is 1. The molecular weight excluding hydrogens is 252 g/mol. The number of nitrogens with one attached hydrogen (secondary N) is 2. The van der Waals surface area contributed by atoms with Crippen LogP contribution in [0, 0.1) is 13.8 Å². The maximum absolute atomic E-state index is 12.0. The van der Waals surface area contributed by atoms with Crippen LogP contribution in [0.15, 0.2) is 18.2 Å². The van der Waals surface area contributed by atoms with E-state index in [4.69, 9.17) is 5.11 Å². The van der Waals surface area contributed by atoms with Gasteiger partial charge in [-0.05, 0) is 50.3 Å². The molecule has 0 saturated heterocycles. The first-order valence-corrected chi connectivity index (χ1v) is 7.23. The molecule has 0 bridgehead atoms. The first-order chi connectivity index (χ1) is 9.49. The molecule has 0 heterocycles. The fraction of sp³-hybridized carbons (Fsp3) is 0.562. The summed E-state index contributed by atoms with van der Waals surface area (Å²) in [5.41, 5.74) is 3.57. The molecule has 3 N–H and O–H groups in total. The van der Waals surface area contributed by atoms with E-state index in [-0.39, 0.29) is 24.7 Å². The first kappa shape index (κ1) is 16.5. The third-order valence-corrected chi connectivity index (χ3v) is 3.77. The number of amides is 2. The number of rotatable bonds is 6. The van der Waals surface area contributed by atoms with E-state index in [1.807, 2.05) is 26.0 Å². The third-order valence-electron chi connectivity index (χ3n) is 3.77. The van der Waals surface area contributed by atoms with Crippen molar-refractivity contribution in [2.45, 2.75) is 52.6 Å². The van der Waals surface area contributed by atoms with Gasteiger partial charge in [-0.1, -0.05) is 25.1 Å². The van der Waals surface area contributed by atoms with E-state index in [1.165, 1.54) is 11.1 Å². The number of benzene rings is 1. The molecule has 0 spiro atoms. The number of carbonyl (C=O) groups excluding carboxylic acids is 1. The van der Waals surface area contributed by atoms with Crippen LogP contribution < -0.4 is 10.6 Å². The van der Waals surface area contributed by atoms with E-state index >= 15 is 0 Å². The van der Waals surface area contributed by atoms with E-state index in [1.54, 1.807) is 0 Å². The van der Waals surface area contributed by atoms with Gasteiger partial charge in [-0.3, -0.25) is 0 Å². The highest BCUT2D eigenvalue weighted by Gasteiger charge is 2.14. The van der Waals surface area contributed by atoms with Crippen molar-refractivity contribution in [1.29, 1.82) is 0 Å². The fourth-order valence-electron chi connectivity index (χ4n) is 2.28. The standard InChI is InChI=1S/C16H26N2O2/c1-5-14(9-10-19)18-16(20)17-13(4)15-8-6-7-11(2)12(15)3/h6-8,13-14,19H,5,9-10H2,1-4H3,(H2,17,18,20). The van der Waals surface area contributed by atoms with Gasteiger partial charge in [-0.2, -0.15) is 0 Å². The van der Waals surface area contributed by atoms with Crippen molar-refractivity contribution in [3.8, 4) is 0 Å². The average molecular weight is 278 g/mol. The monoisotopic (exact) mass is 278 g/mol. The minimum atomic E-state index is -0.182. The summed E-state index contributed by atoms with van der Waals surface area (Å²) in [7, 11) is 0. The van der Waals surface area contributed by atoms with E-state index < -0.39 is 0 Å². The van der Waals surface area contributed by atoms with Gasteiger partial charge >= 0.3 is 6.03 Å². The third kappa shape index (κ3) is 4.53. The number of carbonyl (C=O) groups is 1. The summed E-state index contributed by atoms with van der Waals surface area (Å²) in [6.45, 7) is 8.20. The lowest BCUT2D eigenvalue weighted by atomic mass is 9.98. The molecule has 0 aliphatic heterocycles. The van der Waals surface area contributed by atoms with Crippen molar-refractivity contribution in [3.05, 3.63) is 34.9 Å². The van der Waals surface area contributed by atoms with Gasteiger partial charge in [0.25, 0.3) is 0 Å². The molecule has 2 atom stereocenters. The average Bonchev–Trinajstić information content (AvgIpc) is 2.41. The smallest absolute Gasteiger partial charge is 0.315 e. The quantitative estimate of drug-likeness (QED) is 0.749. The molecule has 1 aromatic rings. The van der Waals surface area contributed by atoms with Crippen LogP contribution in [0.2, 0.25) is 0 Å². The summed E-state index contributed by atoms with van der Waals surface area (Å²) in [5, 5.41) is 14.8. The SMILES string of the molecule is CCC(CCO)NC(=O)NC(C)c1cccc(C)c1C. The lowest BCUT2D eigenvalue weighted by molar-refractivity contribution is 0.225. The zero-order valence-corrected chi connectivity index (χ0v) is 12.9. The molecule has 4 nitrogen and oxygen atoms in total. The Morgan fingerprint density at radius 2 is 2.00 bits per heavy atom. The van der Waals surface area contributed by atoms with Crippen LogP contribution in [0.25, 0.3) is 0 Å². The second-order valence-corrected chi connectivity index (χ2v) is 5.25. The number of aliphatic hydroxyl groups is 1. The highest BCUT2D eigenvalue weighted by atomic mass is 16.3. The molecule has 20 heavy (non-hydrogen) atoms. The van der Waals surface area contributed by atoms with E-state index in [0.29, 0.717) is 6.42 Å². The Labute approximate surface area is 121 Å². The Kier molecular flexibility index (Phi) is 6.52. The van der Waals surface area contributed by atoms with E-state index in [0.717, 1.165) is 12.0 Å². The molecule has 2 amide bonds. The van der Waals surface area contributed by atoms with Gasteiger partial charge in [0, 0.05) is 12.6 Å². The van der Waals surface area contributed by atoms with Crippen molar-refractivity contribution in [2.75, 3.05) is 6.61 Å². The van der Waals surface area contributed by atoms with Crippen LogP contribution in [0.1, 0.15) is 49.4 Å². The van der Waals surface area contributed by atoms with Crippen molar-refractivity contribution >= 4 is 6.03 Å². The molecule has 1 aromatic carbocycles. The lowest BCUT2D eigenvalue weighted by Crippen LogP contribution is -2.43. The van der Waals surface area contributed by atoms with Gasteiger partial charge in [0.15, 0.2) is 0 Å². The van der Waals surface area contributed by atoms with Gasteiger partial charge < -0.3 is 15.7 Å². The molecule has 0 aromatic heterocycles. The minimum Gasteiger partial charge on any atom is -0.396 e. The van der Waals surface area contributed by atoms with Gasteiger partial charge in [-0.15, -0.1) is 0 Å². The van der Waals surface area contributed by atoms with Crippen LogP contribution in [0.5, 0.6) is 0 Å². The fourth-order valence-corrected chi connectivity index (χ4v) is 2.28. The minimum absolute atomic E-state index is 0.0193. The first-order valence-electron chi connectivity index (χ1n) is 7.23. The summed E-state index contributed by atoms with van der Waals surface area (Å²) in [6, 6.07) is 5.91. The number of aryl methyl sites for hydroxylation is 1. The lowest BCUT2D eigenvalue weighted by Gasteiger charge is -2.21. The van der Waals surface area contributed by atoms with Crippen LogP contribution >= 0.6 is 0 Å². The molecule has 1 rings (SSSR count). The summed E-state index contributed by atoms with van der Waals surface area (Å²) >= 11 is 0. The molecule has 0 saturated carbocycles. The normalized spacial score (nSPS) is 13.7. The maximum atomic E-state index is 12.0. The Morgan fingerprint density at radius 1 is 1.30 bits per heavy atom. The van der Waals surface area contributed by atoms with Gasteiger partial charge in [0.2, 0.25) is 0 Å². The summed E-state index contributed by atoms with van der Waals surface area (Å²) in [4.78, 5) is 12.0. The number of hydrogen-bond donors (Lipinski definition) is 3. The molecular formula is C16H26N2O2. The zero-order valence-electron chi connectivity index (χ0n) is 12.9. The molecule has 2 unspecified atom stereocenters. The van der Waals surface area contributed by atoms with Crippen LogP contribution in [0.3, 0.4) is 0 Å². The van der Waals surface area contributed by atoms with Crippen molar-refractivity contribution in [1.82, 2.24) is 10.6 Å². The Bertz CT molecular complexity index is 446. The van der Waals surface area contributed by atoms with Crippen molar-refractivity contribution < 1.29 is 9.90 Å². The summed E-state index contributed by atoms with van der Waals surface area (Å²) in [6.07, 6.45) is 1.40. The van der Waals surface area contributed by atoms with Gasteiger partial charge in [0.1, 0.15) is 0 Å². The largest absolute Gasteiger partial charge is 0.396 e. The predicted molar refractivity (Wildman–Crippen MR) is 81.8 cm³/mol. The zero-order chi connectivity index (χ0) is 15.1. The van der Waals surface area contributed by atoms with Crippen LogP contribution in [0.4, 0.5) is 4.79 Å². The molecule has 0 aliphatic rings. The highest BCUT2D eigenvalue weighted by molar-refractivity contribution is 5.74. The molecule has 0 aliphatic carbocycles. The van der Waals surface area contributed by atoms with Gasteiger partial charge in [0.05, 0.1) is 6.04 Å². The molecule has 0 fully saturated rings. The molecule has 112 valence electrons. The predicted octanol–water partition coefficient (Wildman–Crippen LogP) is 2.82. The topological polar surface area (TPSA) is 61.4 Å². The Morgan fingerprint density at radius 3 is 2.60 bits per heavy atom. The van der Waals surface area contributed by atoms with Crippen LogP contribution in [-0.4, -0.2) is 23.8 Å². The van der Waals surface area contributed by atoms with Crippen molar-refractivity contribution in [2.24, 2.45) is 0 Å². The van der Waals surface area contributed by atoms with Gasteiger partial charge in [-0.25, -0.2) is 4.79 Å². The Hall–Kier alpha value is -1.55. The number of urea groups is 1. The van der Waals surface area contributed by atoms with Crippen LogP contribution in [-0.2, 0) is 0 Å². The maximum Gasteiger partial charge on any atom is 0.315 e. The summed E-state index contributed by atoms with van der Waals surface area (Å²) < 4.78 is 0. The van der Waals surface area contributed by atoms with Crippen molar-refractivity contribution in [3.63, 3.8) is 0 Å². The highest BCUT2D eigenvalue weighted by Crippen LogP contribution is 2.19. The summed E-state index contributed by atoms with van der Waals surface area (Å²) in [5.74, 6) is 0. The second-order valence-electron chi connectivity index (χ2n) is 5.25. The Balaban J connectivity index is 2.63. The molecule has 4 heteroatoms. The number of hydrogen-bond acceptors (Lipinski definition) is 2. The van der Waals surface area contributed by atoms with E-state index in [9.17, 15) is 4.79 Å². The molecule has 0 radical (unpaired) electrons. The van der Waals surface area contributed by atoms with E-state index in [2.05, 4.69) is 30.5 Å².